The maximum Gasteiger partial charge on any atom is 0.241 e. The number of halogens is 3. The van der Waals surface area contributed by atoms with Crippen LogP contribution in [0.3, 0.4) is 0 Å². The molecule has 3 nitrogen and oxygen atoms in total. The van der Waals surface area contributed by atoms with Crippen molar-refractivity contribution < 1.29 is 13.6 Å². The number of carbonyl (C=O) groups excluding carboxylic acids is 1. The maximum atomic E-state index is 13.8. The van der Waals surface area contributed by atoms with Gasteiger partial charge in [-0.15, -0.1) is 0 Å². The number of anilines is 1. The third kappa shape index (κ3) is 4.50. The fourth-order valence-corrected chi connectivity index (χ4v) is 2.27. The van der Waals surface area contributed by atoms with E-state index in [-0.39, 0.29) is 18.3 Å². The first-order valence-corrected chi connectivity index (χ1v) is 7.46. The van der Waals surface area contributed by atoms with Crippen LogP contribution in [0, 0.1) is 11.6 Å². The minimum Gasteiger partial charge on any atom is -0.325 e. The predicted octanol–water partition coefficient (Wildman–Crippen LogP) is 4.08. The molecule has 0 radical (unpaired) electrons. The van der Waals surface area contributed by atoms with Gasteiger partial charge in [-0.2, -0.15) is 0 Å². The highest BCUT2D eigenvalue weighted by molar-refractivity contribution is 6.31. The molecule has 0 spiro atoms. The van der Waals surface area contributed by atoms with Crippen molar-refractivity contribution in [2.45, 2.75) is 19.5 Å². The third-order valence-corrected chi connectivity index (χ3v) is 3.98. The highest BCUT2D eigenvalue weighted by atomic mass is 35.5. The Kier molecular flexibility index (Phi) is 5.69. The molecular weight excluding hydrogens is 322 g/mol. The Balaban J connectivity index is 2.02. The van der Waals surface area contributed by atoms with Crippen LogP contribution in [0.15, 0.2) is 42.5 Å². The van der Waals surface area contributed by atoms with Crippen molar-refractivity contribution in [2.75, 3.05) is 12.4 Å². The van der Waals surface area contributed by atoms with Crippen LogP contribution in [0.1, 0.15) is 12.5 Å². The van der Waals surface area contributed by atoms with Gasteiger partial charge in [0.05, 0.1) is 6.04 Å². The number of nitrogens with zero attached hydrogens (tertiary/aromatic N) is 1. The molecule has 0 aliphatic heterocycles. The molecule has 1 amide bonds. The summed E-state index contributed by atoms with van der Waals surface area (Å²) < 4.78 is 26.7. The molecule has 23 heavy (non-hydrogen) atoms. The average Bonchev–Trinajstić information content (AvgIpc) is 2.52. The number of amides is 1. The normalized spacial score (nSPS) is 12.3. The number of hydrogen-bond donors (Lipinski definition) is 1. The van der Waals surface area contributed by atoms with E-state index in [2.05, 4.69) is 5.32 Å². The minimum absolute atomic E-state index is 0.198. The summed E-state index contributed by atoms with van der Waals surface area (Å²) in [6.07, 6.45) is 0. The molecule has 1 atom stereocenters. The summed E-state index contributed by atoms with van der Waals surface area (Å²) in [5, 5.41) is 3.01. The van der Waals surface area contributed by atoms with Gasteiger partial charge in [-0.05, 0) is 50.4 Å². The average molecular weight is 339 g/mol. The second kappa shape index (κ2) is 7.53. The van der Waals surface area contributed by atoms with Crippen LogP contribution >= 0.6 is 11.6 Å². The van der Waals surface area contributed by atoms with Gasteiger partial charge in [-0.1, -0.05) is 17.7 Å². The molecule has 0 fully saturated rings. The minimum atomic E-state index is -0.518. The van der Waals surface area contributed by atoms with Gasteiger partial charge < -0.3 is 5.32 Å². The molecular formula is C17H17ClF2N2O. The van der Waals surface area contributed by atoms with Crippen LogP contribution in [-0.2, 0) is 11.3 Å². The highest BCUT2D eigenvalue weighted by Gasteiger charge is 2.20. The number of likely N-dealkylation sites (N-methyl/N-ethyl adjacent to an activating group) is 1. The van der Waals surface area contributed by atoms with Crippen molar-refractivity contribution >= 4 is 23.2 Å². The largest absolute Gasteiger partial charge is 0.325 e. The van der Waals surface area contributed by atoms with Crippen LogP contribution in [-0.4, -0.2) is 23.9 Å². The van der Waals surface area contributed by atoms with Gasteiger partial charge >= 0.3 is 0 Å². The van der Waals surface area contributed by atoms with Crippen molar-refractivity contribution in [2.24, 2.45) is 0 Å². The fourth-order valence-electron chi connectivity index (χ4n) is 2.05. The van der Waals surface area contributed by atoms with E-state index in [1.807, 2.05) is 0 Å². The molecule has 1 unspecified atom stereocenters. The van der Waals surface area contributed by atoms with Crippen LogP contribution < -0.4 is 5.32 Å². The first kappa shape index (κ1) is 17.4. The zero-order valence-electron chi connectivity index (χ0n) is 12.8. The van der Waals surface area contributed by atoms with Gasteiger partial charge in [-0.25, -0.2) is 8.78 Å². The number of nitrogens with one attached hydrogen (secondary N) is 1. The van der Waals surface area contributed by atoms with Crippen molar-refractivity contribution in [1.82, 2.24) is 4.90 Å². The van der Waals surface area contributed by atoms with Crippen LogP contribution in [0.4, 0.5) is 14.5 Å². The molecule has 0 saturated carbocycles. The summed E-state index contributed by atoms with van der Waals surface area (Å²) in [6, 6.07) is 9.45. The van der Waals surface area contributed by atoms with E-state index in [4.69, 9.17) is 11.6 Å². The molecule has 0 bridgehead atoms. The van der Waals surface area contributed by atoms with Gasteiger partial charge in [0.1, 0.15) is 11.6 Å². The molecule has 2 rings (SSSR count). The number of carbonyl (C=O) groups is 1. The summed E-state index contributed by atoms with van der Waals surface area (Å²) >= 11 is 6.00. The lowest BCUT2D eigenvalue weighted by Gasteiger charge is -2.24. The Morgan fingerprint density at radius 1 is 1.22 bits per heavy atom. The van der Waals surface area contributed by atoms with E-state index in [0.29, 0.717) is 16.3 Å². The summed E-state index contributed by atoms with van der Waals surface area (Å²) in [4.78, 5) is 13.9. The smallest absolute Gasteiger partial charge is 0.241 e. The lowest BCUT2D eigenvalue weighted by molar-refractivity contribution is -0.120. The van der Waals surface area contributed by atoms with Crippen LogP contribution in [0.5, 0.6) is 0 Å². The Morgan fingerprint density at radius 3 is 2.48 bits per heavy atom. The molecule has 0 saturated heterocycles. The molecule has 0 aliphatic carbocycles. The Bertz CT molecular complexity index is 671. The van der Waals surface area contributed by atoms with E-state index < -0.39 is 11.9 Å². The monoisotopic (exact) mass is 338 g/mol. The van der Waals surface area contributed by atoms with E-state index >= 15 is 0 Å². The lowest BCUT2D eigenvalue weighted by atomic mass is 10.1. The quantitative estimate of drug-likeness (QED) is 0.891. The zero-order chi connectivity index (χ0) is 17.0. The van der Waals surface area contributed by atoms with Crippen molar-refractivity contribution in [3.8, 4) is 0 Å². The van der Waals surface area contributed by atoms with Crippen molar-refractivity contribution in [3.05, 3.63) is 64.7 Å². The Labute approximate surface area is 138 Å². The Morgan fingerprint density at radius 2 is 1.87 bits per heavy atom. The predicted molar refractivity (Wildman–Crippen MR) is 87.4 cm³/mol. The molecule has 0 aliphatic rings. The van der Waals surface area contributed by atoms with Gasteiger partial charge in [0.2, 0.25) is 5.91 Å². The summed E-state index contributed by atoms with van der Waals surface area (Å²) in [5.41, 5.74) is 0.846. The molecule has 0 heterocycles. The van der Waals surface area contributed by atoms with Crippen molar-refractivity contribution in [1.29, 1.82) is 0 Å². The van der Waals surface area contributed by atoms with E-state index in [9.17, 15) is 13.6 Å². The summed E-state index contributed by atoms with van der Waals surface area (Å²) in [5.74, 6) is -1.05. The summed E-state index contributed by atoms with van der Waals surface area (Å²) in [6.45, 7) is 1.90. The lowest BCUT2D eigenvalue weighted by Crippen LogP contribution is -2.39. The van der Waals surface area contributed by atoms with E-state index in [0.717, 1.165) is 0 Å². The third-order valence-electron chi connectivity index (χ3n) is 3.62. The topological polar surface area (TPSA) is 32.3 Å². The Hall–Kier alpha value is -1.98. The van der Waals surface area contributed by atoms with Gasteiger partial charge in [-0.3, -0.25) is 9.69 Å². The summed E-state index contributed by atoms with van der Waals surface area (Å²) in [7, 11) is 1.71. The first-order valence-electron chi connectivity index (χ1n) is 7.08. The molecule has 6 heteroatoms. The number of hydrogen-bond acceptors (Lipinski definition) is 2. The second-order valence-electron chi connectivity index (χ2n) is 5.29. The molecule has 0 aromatic heterocycles. The number of rotatable bonds is 5. The van der Waals surface area contributed by atoms with E-state index in [1.54, 1.807) is 24.9 Å². The van der Waals surface area contributed by atoms with E-state index in [1.165, 1.54) is 36.4 Å². The molecule has 2 aromatic rings. The fraction of sp³-hybridized carbons (Fsp3) is 0.235. The first-order chi connectivity index (χ1) is 10.9. The SMILES string of the molecule is CC(C(=O)Nc1ccc(F)cc1)N(C)Cc1c(F)cccc1Cl. The van der Waals surface area contributed by atoms with Crippen LogP contribution in [0.25, 0.3) is 0 Å². The van der Waals surface area contributed by atoms with Gasteiger partial charge in [0.25, 0.3) is 0 Å². The number of benzene rings is 2. The zero-order valence-corrected chi connectivity index (χ0v) is 13.6. The van der Waals surface area contributed by atoms with Gasteiger partial charge in [0.15, 0.2) is 0 Å². The standard InChI is InChI=1S/C17H17ClF2N2O/c1-11(17(23)21-13-8-6-12(19)7-9-13)22(2)10-14-15(18)4-3-5-16(14)20/h3-9,11H,10H2,1-2H3,(H,21,23). The molecule has 2 aromatic carbocycles. The van der Waals surface area contributed by atoms with Crippen molar-refractivity contribution in [3.63, 3.8) is 0 Å². The maximum absolute atomic E-state index is 13.8. The second-order valence-corrected chi connectivity index (χ2v) is 5.69. The molecule has 122 valence electrons. The van der Waals surface area contributed by atoms with Gasteiger partial charge in [0, 0.05) is 22.8 Å². The molecule has 1 N–H and O–H groups in total. The van der Waals surface area contributed by atoms with Crippen LogP contribution in [0.2, 0.25) is 5.02 Å². The highest BCUT2D eigenvalue weighted by Crippen LogP contribution is 2.21.